The first-order chi connectivity index (χ1) is 27.1. The van der Waals surface area contributed by atoms with Gasteiger partial charge in [-0.3, -0.25) is 24.0 Å². The Morgan fingerprint density at radius 1 is 0.895 bits per heavy atom. The topological polar surface area (TPSA) is 134 Å². The third-order valence-electron chi connectivity index (χ3n) is 11.7. The van der Waals surface area contributed by atoms with E-state index in [9.17, 15) is 28.4 Å². The van der Waals surface area contributed by atoms with Crippen LogP contribution in [0.5, 0.6) is 0 Å². The quantitative estimate of drug-likeness (QED) is 0.154. The lowest BCUT2D eigenvalue weighted by atomic mass is 9.94. The molecule has 0 bridgehead atoms. The van der Waals surface area contributed by atoms with E-state index in [-0.39, 0.29) is 30.1 Å². The van der Waals surface area contributed by atoms with Crippen molar-refractivity contribution < 1.29 is 32.8 Å². The monoisotopic (exact) mass is 798 g/mol. The molecule has 3 N–H and O–H groups in total. The Morgan fingerprint density at radius 3 is 2.14 bits per heavy atom. The van der Waals surface area contributed by atoms with E-state index in [1.54, 1.807) is 26.0 Å². The molecule has 0 radical (unpaired) electrons. The largest absolute Gasteiger partial charge is 0.398 e. The summed E-state index contributed by atoms with van der Waals surface area (Å²) in [6, 6.07) is 23.4. The summed E-state index contributed by atoms with van der Waals surface area (Å²) in [5.41, 5.74) is -0.871. The molecular formula is C45H59FN4O6Si. The minimum absolute atomic E-state index is 0.00598. The van der Waals surface area contributed by atoms with Gasteiger partial charge in [-0.15, -0.1) is 0 Å². The van der Waals surface area contributed by atoms with Gasteiger partial charge < -0.3 is 25.3 Å². The van der Waals surface area contributed by atoms with Crippen molar-refractivity contribution in [2.24, 2.45) is 0 Å². The van der Waals surface area contributed by atoms with Gasteiger partial charge in [0.25, 0.3) is 8.32 Å². The Bertz CT molecular complexity index is 1850. The van der Waals surface area contributed by atoms with Gasteiger partial charge in [0.1, 0.15) is 35.6 Å². The van der Waals surface area contributed by atoms with Crippen molar-refractivity contribution in [2.45, 2.75) is 134 Å². The van der Waals surface area contributed by atoms with E-state index in [0.717, 1.165) is 10.4 Å². The molecule has 2 fully saturated rings. The summed E-state index contributed by atoms with van der Waals surface area (Å²) < 4.78 is 21.1. The van der Waals surface area contributed by atoms with Gasteiger partial charge in [0.05, 0.1) is 0 Å². The maximum Gasteiger partial charge on any atom is 0.262 e. The zero-order valence-corrected chi connectivity index (χ0v) is 35.2. The van der Waals surface area contributed by atoms with Gasteiger partial charge in [0.15, 0.2) is 5.78 Å². The van der Waals surface area contributed by atoms with Crippen molar-refractivity contribution in [3.63, 3.8) is 0 Å². The number of benzene rings is 3. The third-order valence-corrected chi connectivity index (χ3v) is 16.8. The van der Waals surface area contributed by atoms with Crippen molar-refractivity contribution in [1.82, 2.24) is 20.9 Å². The number of nitrogens with one attached hydrogen (secondary N) is 3. The smallest absolute Gasteiger partial charge is 0.262 e. The summed E-state index contributed by atoms with van der Waals surface area (Å²) in [6.07, 6.45) is 2.91. The number of hydrogen-bond donors (Lipinski definition) is 3. The van der Waals surface area contributed by atoms with E-state index >= 15 is 0 Å². The summed E-state index contributed by atoms with van der Waals surface area (Å²) >= 11 is 0. The van der Waals surface area contributed by atoms with E-state index in [0.29, 0.717) is 50.6 Å². The van der Waals surface area contributed by atoms with Crippen LogP contribution in [0.2, 0.25) is 5.04 Å². The molecule has 2 aliphatic heterocycles. The molecule has 0 aromatic heterocycles. The highest BCUT2D eigenvalue weighted by molar-refractivity contribution is 6.99. The Balaban J connectivity index is 1.25. The molecule has 2 saturated heterocycles. The molecule has 306 valence electrons. The minimum atomic E-state index is -2.92. The first-order valence-corrected chi connectivity index (χ1v) is 22.3. The first-order valence-electron chi connectivity index (χ1n) is 20.4. The summed E-state index contributed by atoms with van der Waals surface area (Å²) in [6.45, 7) is 12.0. The Hall–Kier alpha value is -4.68. The highest BCUT2D eigenvalue weighted by Crippen LogP contribution is 2.37. The van der Waals surface area contributed by atoms with Crippen LogP contribution in [0.3, 0.4) is 0 Å². The fourth-order valence-electron chi connectivity index (χ4n) is 8.17. The maximum atomic E-state index is 14.1. The first kappa shape index (κ1) is 43.4. The molecular weight excluding hydrogens is 740 g/mol. The molecule has 5 rings (SSSR count). The van der Waals surface area contributed by atoms with Crippen LogP contribution in [0, 0.1) is 5.82 Å². The lowest BCUT2D eigenvalue weighted by molar-refractivity contribution is -0.144. The van der Waals surface area contributed by atoms with Crippen LogP contribution in [0.1, 0.15) is 98.5 Å². The molecule has 0 spiro atoms. The maximum absolute atomic E-state index is 14.1. The molecule has 3 aromatic rings. The van der Waals surface area contributed by atoms with Crippen LogP contribution in [0.25, 0.3) is 0 Å². The van der Waals surface area contributed by atoms with Crippen LogP contribution >= 0.6 is 0 Å². The highest BCUT2D eigenvalue weighted by atomic mass is 28.4. The number of hydrogen-bond acceptors (Lipinski definition) is 6. The number of rotatable bonds is 14. The second-order valence-electron chi connectivity index (χ2n) is 16.8. The van der Waals surface area contributed by atoms with Gasteiger partial charge in [-0.25, -0.2) is 4.39 Å². The van der Waals surface area contributed by atoms with Crippen LogP contribution in [0.4, 0.5) is 4.39 Å². The van der Waals surface area contributed by atoms with Crippen molar-refractivity contribution in [3.05, 3.63) is 96.3 Å². The highest BCUT2D eigenvalue weighted by Gasteiger charge is 2.51. The van der Waals surface area contributed by atoms with Crippen LogP contribution < -0.4 is 26.3 Å². The number of fused-ring (bicyclic) bond motifs is 1. The molecule has 0 unspecified atom stereocenters. The van der Waals surface area contributed by atoms with E-state index in [4.69, 9.17) is 4.43 Å². The fourth-order valence-corrected chi connectivity index (χ4v) is 12.8. The number of amides is 4. The number of carbonyl (C=O) groups is 5. The number of nitrogens with zero attached hydrogens (tertiary/aromatic N) is 1. The standard InChI is InChI=1S/C45H59FN4O6Si/c1-7-45(6)43(55)48-37(30-32-19-17-20-33(46)29-32)42(54)50-28-18-26-38(50)41(53)47-36(40(52)49-45)25-15-10-16-27-39(51)31(2)56-57(44(3,4)5,34-21-11-8-12-22-34)35-23-13-9-14-24-35/h8-9,11-14,17,19-24,29,31,36-38H,7,10,15-16,18,25-28,30H2,1-6H3,(H,47,53)(H,48,55)(H,49,52)/t31-,36-,37-,38+,45-/m0/s1. The van der Waals surface area contributed by atoms with Gasteiger partial charge in [-0.2, -0.15) is 0 Å². The lowest BCUT2D eigenvalue weighted by Crippen LogP contribution is -2.68. The number of unbranched alkanes of at least 4 members (excludes halogenated alkanes) is 2. The summed E-state index contributed by atoms with van der Waals surface area (Å²) in [5.74, 6) is -2.35. The third kappa shape index (κ3) is 10.1. The Labute approximate surface area is 337 Å². The van der Waals surface area contributed by atoms with Crippen LogP contribution in [-0.4, -0.2) is 78.9 Å². The summed E-state index contributed by atoms with van der Waals surface area (Å²) in [7, 11) is -2.92. The Morgan fingerprint density at radius 2 is 1.54 bits per heavy atom. The zero-order chi connectivity index (χ0) is 41.4. The number of ketones is 1. The molecule has 0 saturated carbocycles. The zero-order valence-electron chi connectivity index (χ0n) is 34.2. The minimum Gasteiger partial charge on any atom is -0.398 e. The average molecular weight is 799 g/mol. The number of halogens is 1. The molecule has 2 heterocycles. The number of carbonyl (C=O) groups excluding carboxylic acids is 5. The van der Waals surface area contributed by atoms with E-state index in [1.807, 2.05) is 43.3 Å². The fraction of sp³-hybridized carbons (Fsp3) is 0.489. The van der Waals surface area contributed by atoms with Gasteiger partial charge in [0.2, 0.25) is 23.6 Å². The molecule has 3 aromatic carbocycles. The van der Waals surface area contributed by atoms with Crippen molar-refractivity contribution in [1.29, 1.82) is 0 Å². The SMILES string of the molecule is CC[C@]1(C)NC(=O)[C@H](CCCCCC(=O)[C@H](C)O[Si](c2ccccc2)(c2ccccc2)C(C)(C)C)NC(=O)[C@H]2CCCN2C(=O)[C@H](Cc2cccc(F)c2)NC1=O. The lowest BCUT2D eigenvalue weighted by Gasteiger charge is -2.44. The van der Waals surface area contributed by atoms with Crippen LogP contribution in [-0.2, 0) is 34.8 Å². The predicted octanol–water partition coefficient (Wildman–Crippen LogP) is 5.11. The molecule has 57 heavy (non-hydrogen) atoms. The van der Waals surface area contributed by atoms with Crippen molar-refractivity contribution >= 4 is 48.1 Å². The van der Waals surface area contributed by atoms with Crippen LogP contribution in [0.15, 0.2) is 84.9 Å². The van der Waals surface area contributed by atoms with Gasteiger partial charge in [0, 0.05) is 19.4 Å². The second kappa shape index (κ2) is 18.7. The predicted molar refractivity (Wildman–Crippen MR) is 222 cm³/mol. The second-order valence-corrected chi connectivity index (χ2v) is 21.0. The molecule has 2 aliphatic rings. The molecule has 0 aliphatic carbocycles. The molecule has 10 nitrogen and oxygen atoms in total. The average Bonchev–Trinajstić information content (AvgIpc) is 3.69. The molecule has 5 atom stereocenters. The van der Waals surface area contributed by atoms with Crippen molar-refractivity contribution in [2.75, 3.05) is 6.54 Å². The normalized spacial score (nSPS) is 22.7. The summed E-state index contributed by atoms with van der Waals surface area (Å²) in [4.78, 5) is 70.6. The van der Waals surface area contributed by atoms with Gasteiger partial charge in [-0.1, -0.05) is 113 Å². The van der Waals surface area contributed by atoms with E-state index in [2.05, 4.69) is 61.0 Å². The number of Topliss-reactive ketones (excluding diaryl/α,β-unsaturated/α-hetero) is 1. The summed E-state index contributed by atoms with van der Waals surface area (Å²) in [5, 5.41) is 10.5. The van der Waals surface area contributed by atoms with E-state index in [1.165, 1.54) is 17.0 Å². The van der Waals surface area contributed by atoms with Gasteiger partial charge in [-0.05, 0) is 79.1 Å². The molecule has 12 heteroatoms. The molecule has 4 amide bonds. The van der Waals surface area contributed by atoms with Crippen molar-refractivity contribution in [3.8, 4) is 0 Å². The Kier molecular flexibility index (Phi) is 14.3. The van der Waals surface area contributed by atoms with Gasteiger partial charge >= 0.3 is 0 Å². The van der Waals surface area contributed by atoms with E-state index < -0.39 is 67.5 Å².